The van der Waals surface area contributed by atoms with Gasteiger partial charge in [-0.05, 0) is 31.9 Å². The fourth-order valence-corrected chi connectivity index (χ4v) is 1.89. The van der Waals surface area contributed by atoms with Gasteiger partial charge >= 0.3 is 0 Å². The van der Waals surface area contributed by atoms with Crippen LogP contribution in [0.1, 0.15) is 37.8 Å². The maximum Gasteiger partial charge on any atom is 0.131 e. The van der Waals surface area contributed by atoms with Gasteiger partial charge in [-0.15, -0.1) is 0 Å². The van der Waals surface area contributed by atoms with Crippen LogP contribution in [0.25, 0.3) is 0 Å². The highest BCUT2D eigenvalue weighted by atomic mass is 19.1. The lowest BCUT2D eigenvalue weighted by atomic mass is 10.1. The Labute approximate surface area is 95.5 Å². The average Bonchev–Trinajstić information content (AvgIpc) is 3.01. The number of hydrogen-bond acceptors (Lipinski definition) is 2. The van der Waals surface area contributed by atoms with Gasteiger partial charge in [0.1, 0.15) is 11.6 Å². The third-order valence-electron chi connectivity index (χ3n) is 3.15. The lowest BCUT2D eigenvalue weighted by Gasteiger charge is -2.15. The molecular formula is C13H18FNO. The fourth-order valence-electron chi connectivity index (χ4n) is 1.89. The summed E-state index contributed by atoms with van der Waals surface area (Å²) in [5, 5.41) is 12.4. The lowest BCUT2D eigenvalue weighted by molar-refractivity contribution is 0.462. The largest absolute Gasteiger partial charge is 0.508 e. The number of phenolic OH excluding ortho intramolecular Hbond substituents is 1. The SMILES string of the molecule is CC(NCCC1CC1)c1ccc(O)cc1F. The second-order valence-corrected chi connectivity index (χ2v) is 4.61. The van der Waals surface area contributed by atoms with E-state index in [0.29, 0.717) is 5.56 Å². The van der Waals surface area contributed by atoms with E-state index in [0.717, 1.165) is 18.5 Å². The molecule has 0 saturated heterocycles. The molecule has 1 atom stereocenters. The Bertz CT molecular complexity index is 363. The molecule has 0 aromatic heterocycles. The summed E-state index contributed by atoms with van der Waals surface area (Å²) in [6.45, 7) is 2.88. The summed E-state index contributed by atoms with van der Waals surface area (Å²) in [5.74, 6) is 0.530. The molecule has 1 aliphatic carbocycles. The molecule has 1 aromatic rings. The Kier molecular flexibility index (Phi) is 3.44. The highest BCUT2D eigenvalue weighted by Gasteiger charge is 2.20. The zero-order valence-corrected chi connectivity index (χ0v) is 9.54. The van der Waals surface area contributed by atoms with Crippen LogP contribution in [0.15, 0.2) is 18.2 Å². The van der Waals surface area contributed by atoms with E-state index < -0.39 is 0 Å². The van der Waals surface area contributed by atoms with Gasteiger partial charge in [0.2, 0.25) is 0 Å². The summed E-state index contributed by atoms with van der Waals surface area (Å²) in [5.41, 5.74) is 0.619. The van der Waals surface area contributed by atoms with Gasteiger partial charge in [0, 0.05) is 17.7 Å². The van der Waals surface area contributed by atoms with Crippen LogP contribution in [0, 0.1) is 11.7 Å². The van der Waals surface area contributed by atoms with E-state index in [1.165, 1.54) is 25.3 Å². The van der Waals surface area contributed by atoms with Crippen molar-refractivity contribution in [2.75, 3.05) is 6.54 Å². The van der Waals surface area contributed by atoms with Crippen molar-refractivity contribution in [2.45, 2.75) is 32.2 Å². The van der Waals surface area contributed by atoms with E-state index in [9.17, 15) is 4.39 Å². The molecule has 0 amide bonds. The summed E-state index contributed by atoms with van der Waals surface area (Å²) in [4.78, 5) is 0. The van der Waals surface area contributed by atoms with Crippen LogP contribution < -0.4 is 5.32 Å². The summed E-state index contributed by atoms with van der Waals surface area (Å²) in [6.07, 6.45) is 3.89. The first-order valence-electron chi connectivity index (χ1n) is 5.88. The summed E-state index contributed by atoms with van der Waals surface area (Å²) in [6, 6.07) is 4.32. The lowest BCUT2D eigenvalue weighted by Crippen LogP contribution is -2.21. The van der Waals surface area contributed by atoms with Crippen LogP contribution in [0.3, 0.4) is 0 Å². The minimum Gasteiger partial charge on any atom is -0.508 e. The molecular weight excluding hydrogens is 205 g/mol. The molecule has 1 fully saturated rings. The van der Waals surface area contributed by atoms with Crippen molar-refractivity contribution in [1.82, 2.24) is 5.32 Å². The van der Waals surface area contributed by atoms with E-state index in [-0.39, 0.29) is 17.6 Å². The molecule has 2 rings (SSSR count). The molecule has 0 spiro atoms. The summed E-state index contributed by atoms with van der Waals surface area (Å²) >= 11 is 0. The second kappa shape index (κ2) is 4.83. The summed E-state index contributed by atoms with van der Waals surface area (Å²) < 4.78 is 13.5. The molecule has 1 aromatic carbocycles. The van der Waals surface area contributed by atoms with Gasteiger partial charge < -0.3 is 10.4 Å². The van der Waals surface area contributed by atoms with E-state index >= 15 is 0 Å². The van der Waals surface area contributed by atoms with Gasteiger partial charge in [-0.1, -0.05) is 18.9 Å². The highest BCUT2D eigenvalue weighted by molar-refractivity contribution is 5.29. The van der Waals surface area contributed by atoms with Crippen LogP contribution in [0.4, 0.5) is 4.39 Å². The van der Waals surface area contributed by atoms with Gasteiger partial charge in [-0.25, -0.2) is 4.39 Å². The number of aromatic hydroxyl groups is 1. The molecule has 1 aliphatic rings. The standard InChI is InChI=1S/C13H18FNO/c1-9(15-7-6-10-2-3-10)12-5-4-11(16)8-13(12)14/h4-5,8-10,15-16H,2-3,6-7H2,1H3. The van der Waals surface area contributed by atoms with Crippen LogP contribution in [0.5, 0.6) is 5.75 Å². The van der Waals surface area contributed by atoms with Crippen LogP contribution in [0.2, 0.25) is 0 Å². The number of nitrogens with one attached hydrogen (secondary N) is 1. The van der Waals surface area contributed by atoms with Gasteiger partial charge in [0.25, 0.3) is 0 Å². The van der Waals surface area contributed by atoms with Gasteiger partial charge in [-0.2, -0.15) is 0 Å². The van der Waals surface area contributed by atoms with Crippen LogP contribution in [-0.4, -0.2) is 11.7 Å². The van der Waals surface area contributed by atoms with Crippen molar-refractivity contribution in [2.24, 2.45) is 5.92 Å². The third kappa shape index (κ3) is 2.95. The quantitative estimate of drug-likeness (QED) is 0.804. The Morgan fingerprint density at radius 1 is 1.50 bits per heavy atom. The van der Waals surface area contributed by atoms with Crippen molar-refractivity contribution in [3.05, 3.63) is 29.6 Å². The Balaban J connectivity index is 1.88. The van der Waals surface area contributed by atoms with Gasteiger partial charge in [-0.3, -0.25) is 0 Å². The molecule has 0 radical (unpaired) electrons. The van der Waals surface area contributed by atoms with Crippen molar-refractivity contribution < 1.29 is 9.50 Å². The Morgan fingerprint density at radius 3 is 2.88 bits per heavy atom. The van der Waals surface area contributed by atoms with Gasteiger partial charge in [0.05, 0.1) is 0 Å². The first-order valence-corrected chi connectivity index (χ1v) is 5.88. The average molecular weight is 223 g/mol. The van der Waals surface area contributed by atoms with E-state index in [4.69, 9.17) is 5.11 Å². The number of hydrogen-bond donors (Lipinski definition) is 2. The number of halogens is 1. The normalized spacial score (nSPS) is 17.4. The minimum atomic E-state index is -0.341. The van der Waals surface area contributed by atoms with Crippen LogP contribution >= 0.6 is 0 Å². The highest BCUT2D eigenvalue weighted by Crippen LogP contribution is 2.32. The maximum absolute atomic E-state index is 13.5. The zero-order chi connectivity index (χ0) is 11.5. The molecule has 0 aliphatic heterocycles. The molecule has 0 heterocycles. The molecule has 0 bridgehead atoms. The summed E-state index contributed by atoms with van der Waals surface area (Å²) in [7, 11) is 0. The maximum atomic E-state index is 13.5. The predicted molar refractivity (Wildman–Crippen MR) is 61.8 cm³/mol. The first kappa shape index (κ1) is 11.4. The van der Waals surface area contributed by atoms with Crippen molar-refractivity contribution in [1.29, 1.82) is 0 Å². The number of rotatable bonds is 5. The van der Waals surface area contributed by atoms with Crippen LogP contribution in [-0.2, 0) is 0 Å². The predicted octanol–water partition coefficient (Wildman–Crippen LogP) is 2.98. The van der Waals surface area contributed by atoms with Crippen molar-refractivity contribution >= 4 is 0 Å². The van der Waals surface area contributed by atoms with Gasteiger partial charge in [0.15, 0.2) is 0 Å². The van der Waals surface area contributed by atoms with Crippen molar-refractivity contribution in [3.63, 3.8) is 0 Å². The zero-order valence-electron chi connectivity index (χ0n) is 9.54. The topological polar surface area (TPSA) is 32.3 Å². The number of benzene rings is 1. The molecule has 2 N–H and O–H groups in total. The molecule has 16 heavy (non-hydrogen) atoms. The third-order valence-corrected chi connectivity index (χ3v) is 3.15. The Morgan fingerprint density at radius 2 is 2.25 bits per heavy atom. The molecule has 1 saturated carbocycles. The monoisotopic (exact) mass is 223 g/mol. The molecule has 1 unspecified atom stereocenters. The first-order chi connectivity index (χ1) is 7.66. The smallest absolute Gasteiger partial charge is 0.131 e. The van der Waals surface area contributed by atoms with E-state index in [1.54, 1.807) is 6.07 Å². The molecule has 88 valence electrons. The second-order valence-electron chi connectivity index (χ2n) is 4.61. The number of phenols is 1. The molecule has 3 heteroatoms. The minimum absolute atomic E-state index is 0.000602. The fraction of sp³-hybridized carbons (Fsp3) is 0.538. The van der Waals surface area contributed by atoms with E-state index in [2.05, 4.69) is 5.32 Å². The van der Waals surface area contributed by atoms with E-state index in [1.807, 2.05) is 6.92 Å². The molecule has 2 nitrogen and oxygen atoms in total. The Hall–Kier alpha value is -1.09. The van der Waals surface area contributed by atoms with Crippen molar-refractivity contribution in [3.8, 4) is 5.75 Å².